The number of ether oxygens (including phenoxy) is 1. The number of anilines is 1. The molecule has 0 bridgehead atoms. The summed E-state index contributed by atoms with van der Waals surface area (Å²) < 4.78 is 18.9. The zero-order valence-electron chi connectivity index (χ0n) is 11.8. The van der Waals surface area contributed by atoms with E-state index in [-0.39, 0.29) is 23.0 Å². The maximum atomic E-state index is 13.5. The quantitative estimate of drug-likeness (QED) is 0.812. The van der Waals surface area contributed by atoms with Crippen LogP contribution in [-0.4, -0.2) is 17.4 Å². The van der Waals surface area contributed by atoms with Gasteiger partial charge in [0.2, 0.25) is 11.8 Å². The first-order valence-electron chi connectivity index (χ1n) is 6.68. The number of rotatable bonds is 3. The topological polar surface area (TPSA) is 42.4 Å². The number of amides is 1. The molecule has 1 saturated heterocycles. The maximum absolute atomic E-state index is 13.5. The van der Waals surface area contributed by atoms with Crippen molar-refractivity contribution in [3.63, 3.8) is 0 Å². The number of hydrogen-bond acceptors (Lipinski definition) is 3. The molecular weight excluding hydrogens is 271 g/mol. The van der Waals surface area contributed by atoms with Crippen LogP contribution in [0.4, 0.5) is 10.1 Å². The van der Waals surface area contributed by atoms with Gasteiger partial charge in [-0.25, -0.2) is 9.37 Å². The van der Waals surface area contributed by atoms with Crippen LogP contribution in [0.15, 0.2) is 42.6 Å². The van der Waals surface area contributed by atoms with E-state index in [0.717, 1.165) is 5.69 Å². The number of hydrogen-bond donors (Lipinski definition) is 0. The molecule has 1 fully saturated rings. The third-order valence-electron chi connectivity index (χ3n) is 3.46. The van der Waals surface area contributed by atoms with Gasteiger partial charge in [0, 0.05) is 12.6 Å². The fourth-order valence-electron chi connectivity index (χ4n) is 2.25. The van der Waals surface area contributed by atoms with Crippen molar-refractivity contribution in [1.29, 1.82) is 0 Å². The molecule has 0 aliphatic carbocycles. The Kier molecular flexibility index (Phi) is 3.12. The largest absolute Gasteiger partial charge is 0.436 e. The highest BCUT2D eigenvalue weighted by atomic mass is 19.1. The maximum Gasteiger partial charge on any atom is 0.234 e. The minimum absolute atomic E-state index is 0.0760. The fourth-order valence-corrected chi connectivity index (χ4v) is 2.25. The minimum Gasteiger partial charge on any atom is -0.436 e. The van der Waals surface area contributed by atoms with E-state index in [0.29, 0.717) is 6.54 Å². The molecule has 2 heterocycles. The molecule has 1 aliphatic rings. The number of carbonyl (C=O) groups excluding carboxylic acids is 1. The Bertz CT molecular complexity index is 683. The van der Waals surface area contributed by atoms with Gasteiger partial charge < -0.3 is 9.64 Å². The van der Waals surface area contributed by atoms with Crippen LogP contribution < -0.4 is 9.64 Å². The molecular formula is C16H15FN2O2. The van der Waals surface area contributed by atoms with Crippen molar-refractivity contribution in [3.8, 4) is 11.6 Å². The van der Waals surface area contributed by atoms with Crippen molar-refractivity contribution < 1.29 is 13.9 Å². The van der Waals surface area contributed by atoms with Crippen LogP contribution >= 0.6 is 0 Å². The highest BCUT2D eigenvalue weighted by Gasteiger charge is 2.44. The average Bonchev–Trinajstić information content (AvgIpc) is 2.48. The smallest absolute Gasteiger partial charge is 0.234 e. The van der Waals surface area contributed by atoms with Crippen molar-refractivity contribution in [2.45, 2.75) is 13.8 Å². The SMILES string of the molecule is CC1(C)CN(c2ccc(Oc3ccccc3F)nc2)C1=O. The molecule has 0 N–H and O–H groups in total. The first kappa shape index (κ1) is 13.5. The van der Waals surface area contributed by atoms with Gasteiger partial charge in [0.25, 0.3) is 0 Å². The van der Waals surface area contributed by atoms with Gasteiger partial charge in [0.05, 0.1) is 17.3 Å². The van der Waals surface area contributed by atoms with Gasteiger partial charge in [-0.1, -0.05) is 12.1 Å². The molecule has 5 heteroatoms. The summed E-state index contributed by atoms with van der Waals surface area (Å²) in [5.74, 6) is 0.0464. The number of para-hydroxylation sites is 1. The summed E-state index contributed by atoms with van der Waals surface area (Å²) >= 11 is 0. The summed E-state index contributed by atoms with van der Waals surface area (Å²) in [5, 5.41) is 0. The second-order valence-electron chi connectivity index (χ2n) is 5.66. The third-order valence-corrected chi connectivity index (χ3v) is 3.46. The standard InChI is InChI=1S/C16H15FN2O2/c1-16(2)10-19(15(16)20)11-7-8-14(18-9-11)21-13-6-4-3-5-12(13)17/h3-9H,10H2,1-2H3. The molecule has 4 nitrogen and oxygen atoms in total. The number of nitrogens with zero attached hydrogens (tertiary/aromatic N) is 2. The second-order valence-corrected chi connectivity index (χ2v) is 5.66. The lowest BCUT2D eigenvalue weighted by molar-refractivity contribution is -0.132. The number of carbonyl (C=O) groups is 1. The van der Waals surface area contributed by atoms with E-state index in [2.05, 4.69) is 4.98 Å². The molecule has 1 aliphatic heterocycles. The van der Waals surface area contributed by atoms with Crippen LogP contribution in [0.25, 0.3) is 0 Å². The van der Waals surface area contributed by atoms with E-state index >= 15 is 0 Å². The van der Waals surface area contributed by atoms with Crippen LogP contribution in [0.2, 0.25) is 0 Å². The number of pyridine rings is 1. The van der Waals surface area contributed by atoms with Crippen molar-refractivity contribution in [1.82, 2.24) is 4.98 Å². The summed E-state index contributed by atoms with van der Waals surface area (Å²) in [5.41, 5.74) is 0.419. The van der Waals surface area contributed by atoms with Crippen molar-refractivity contribution in [2.75, 3.05) is 11.4 Å². The number of β-lactam (4-membered cyclic amide) rings is 1. The number of aromatic nitrogens is 1. The zero-order valence-corrected chi connectivity index (χ0v) is 11.8. The molecule has 21 heavy (non-hydrogen) atoms. The highest BCUT2D eigenvalue weighted by molar-refractivity contribution is 6.03. The first-order valence-corrected chi connectivity index (χ1v) is 6.68. The molecule has 1 aromatic carbocycles. The second kappa shape index (κ2) is 4.84. The van der Waals surface area contributed by atoms with Gasteiger partial charge in [-0.3, -0.25) is 4.79 Å². The Morgan fingerprint density at radius 3 is 2.57 bits per heavy atom. The van der Waals surface area contributed by atoms with Crippen LogP contribution in [0.5, 0.6) is 11.6 Å². The molecule has 0 spiro atoms. The van der Waals surface area contributed by atoms with Crippen molar-refractivity contribution >= 4 is 11.6 Å². The lowest BCUT2D eigenvalue weighted by atomic mass is 9.83. The van der Waals surface area contributed by atoms with Gasteiger partial charge >= 0.3 is 0 Å². The van der Waals surface area contributed by atoms with E-state index in [1.54, 1.807) is 35.4 Å². The average molecular weight is 286 g/mol. The van der Waals surface area contributed by atoms with Crippen LogP contribution in [0.3, 0.4) is 0 Å². The van der Waals surface area contributed by atoms with Crippen molar-refractivity contribution in [2.24, 2.45) is 5.41 Å². The summed E-state index contributed by atoms with van der Waals surface area (Å²) in [7, 11) is 0. The van der Waals surface area contributed by atoms with Gasteiger partial charge in [-0.2, -0.15) is 0 Å². The van der Waals surface area contributed by atoms with Gasteiger partial charge in [-0.15, -0.1) is 0 Å². The molecule has 0 saturated carbocycles. The monoisotopic (exact) mass is 286 g/mol. The molecule has 1 amide bonds. The van der Waals surface area contributed by atoms with Crippen molar-refractivity contribution in [3.05, 3.63) is 48.4 Å². The normalized spacial score (nSPS) is 16.5. The Morgan fingerprint density at radius 1 is 1.24 bits per heavy atom. The molecule has 1 aromatic heterocycles. The Hall–Kier alpha value is -2.43. The number of halogens is 1. The molecule has 0 atom stereocenters. The van der Waals surface area contributed by atoms with E-state index in [9.17, 15) is 9.18 Å². The van der Waals surface area contributed by atoms with Gasteiger partial charge in [-0.05, 0) is 32.0 Å². The van der Waals surface area contributed by atoms with E-state index < -0.39 is 5.82 Å². The summed E-state index contributed by atoms with van der Waals surface area (Å²) in [6, 6.07) is 9.51. The first-order chi connectivity index (χ1) is 9.97. The predicted octanol–water partition coefficient (Wildman–Crippen LogP) is 3.39. The van der Waals surface area contributed by atoms with Crippen LogP contribution in [-0.2, 0) is 4.79 Å². The van der Waals surface area contributed by atoms with Gasteiger partial charge in [0.1, 0.15) is 0 Å². The lowest BCUT2D eigenvalue weighted by Gasteiger charge is -2.44. The molecule has 0 unspecified atom stereocenters. The summed E-state index contributed by atoms with van der Waals surface area (Å²) in [6.45, 7) is 4.49. The Labute approximate surface area is 122 Å². The third kappa shape index (κ3) is 2.46. The Morgan fingerprint density at radius 2 is 2.00 bits per heavy atom. The number of benzene rings is 1. The van der Waals surface area contributed by atoms with Crippen LogP contribution in [0, 0.1) is 11.2 Å². The fraction of sp³-hybridized carbons (Fsp3) is 0.250. The lowest BCUT2D eigenvalue weighted by Crippen LogP contribution is -2.58. The zero-order chi connectivity index (χ0) is 15.0. The van der Waals surface area contributed by atoms with E-state index in [1.165, 1.54) is 12.1 Å². The molecule has 3 rings (SSSR count). The molecule has 2 aromatic rings. The molecule has 108 valence electrons. The highest BCUT2D eigenvalue weighted by Crippen LogP contribution is 2.35. The van der Waals surface area contributed by atoms with E-state index in [4.69, 9.17) is 4.74 Å². The summed E-state index contributed by atoms with van der Waals surface area (Å²) in [6.07, 6.45) is 1.56. The molecule has 0 radical (unpaired) electrons. The van der Waals surface area contributed by atoms with Crippen LogP contribution in [0.1, 0.15) is 13.8 Å². The minimum atomic E-state index is -0.442. The Balaban J connectivity index is 1.74. The van der Waals surface area contributed by atoms with Gasteiger partial charge in [0.15, 0.2) is 11.6 Å². The predicted molar refractivity (Wildman–Crippen MR) is 76.8 cm³/mol. The van der Waals surface area contributed by atoms with E-state index in [1.807, 2.05) is 13.8 Å². The summed E-state index contributed by atoms with van der Waals surface area (Å²) in [4.78, 5) is 17.7.